The summed E-state index contributed by atoms with van der Waals surface area (Å²) in [5.74, 6) is -0.223. The molecule has 1 aliphatic rings. The average Bonchev–Trinajstić information content (AvgIpc) is 3.28. The summed E-state index contributed by atoms with van der Waals surface area (Å²) in [6, 6.07) is 8.51. The summed E-state index contributed by atoms with van der Waals surface area (Å²) in [5, 5.41) is 4.69. The fourth-order valence-corrected chi connectivity index (χ4v) is 3.95. The summed E-state index contributed by atoms with van der Waals surface area (Å²) >= 11 is 1.64. The van der Waals surface area contributed by atoms with Crippen LogP contribution in [0, 0.1) is 0 Å². The lowest BCUT2D eigenvalue weighted by molar-refractivity contribution is -0.908. The molecule has 3 rings (SSSR count). The number of quaternary nitrogens is 1. The molecule has 27 heavy (non-hydrogen) atoms. The monoisotopic (exact) mass is 399 g/mol. The molecule has 8 heteroatoms. The lowest BCUT2D eigenvalue weighted by atomic mass is 10.2. The maximum Gasteiger partial charge on any atom is 0.416 e. The van der Waals surface area contributed by atoms with Crippen LogP contribution in [0.5, 0.6) is 0 Å². The highest BCUT2D eigenvalue weighted by atomic mass is 32.1. The zero-order valence-corrected chi connectivity index (χ0v) is 15.5. The molecule has 0 spiro atoms. The van der Waals surface area contributed by atoms with Crippen molar-refractivity contribution in [3.05, 3.63) is 52.2 Å². The van der Waals surface area contributed by atoms with Crippen molar-refractivity contribution >= 4 is 22.9 Å². The van der Waals surface area contributed by atoms with Gasteiger partial charge in [-0.2, -0.15) is 13.2 Å². The Morgan fingerprint density at radius 2 is 2.04 bits per heavy atom. The van der Waals surface area contributed by atoms with Crippen LogP contribution >= 0.6 is 11.3 Å². The van der Waals surface area contributed by atoms with E-state index in [1.165, 1.54) is 17.0 Å². The van der Waals surface area contributed by atoms with Crippen LogP contribution in [0.15, 0.2) is 41.8 Å². The number of halogens is 3. The number of carbonyl (C=O) groups excluding carboxylic acids is 1. The Morgan fingerprint density at radius 3 is 2.63 bits per heavy atom. The van der Waals surface area contributed by atoms with Crippen molar-refractivity contribution in [1.82, 2.24) is 0 Å². The third-order valence-corrected chi connectivity index (χ3v) is 5.33. The fraction of sp³-hybridized carbons (Fsp3) is 0.421. The SMILES string of the molecule is O=C(C[NH+](Cc1cccs1)C[C@H]1CCCO1)Nc1ccc(C(F)(F)F)cc1. The van der Waals surface area contributed by atoms with Gasteiger partial charge < -0.3 is 15.0 Å². The van der Waals surface area contributed by atoms with Crippen molar-refractivity contribution in [3.8, 4) is 0 Å². The van der Waals surface area contributed by atoms with Gasteiger partial charge in [0.2, 0.25) is 0 Å². The van der Waals surface area contributed by atoms with Gasteiger partial charge in [-0.15, -0.1) is 11.3 Å². The maximum absolute atomic E-state index is 12.6. The molecule has 1 unspecified atom stereocenters. The molecule has 1 fully saturated rings. The van der Waals surface area contributed by atoms with E-state index in [0.29, 0.717) is 5.69 Å². The molecule has 2 heterocycles. The Labute approximate surface area is 159 Å². The van der Waals surface area contributed by atoms with E-state index in [2.05, 4.69) is 5.32 Å². The minimum Gasteiger partial charge on any atom is -0.372 e. The van der Waals surface area contributed by atoms with Crippen molar-refractivity contribution in [2.75, 3.05) is 25.0 Å². The molecule has 1 saturated heterocycles. The Kier molecular flexibility index (Phi) is 6.51. The third-order valence-electron chi connectivity index (χ3n) is 4.45. The van der Waals surface area contributed by atoms with Gasteiger partial charge in [0, 0.05) is 12.3 Å². The van der Waals surface area contributed by atoms with Gasteiger partial charge in [-0.05, 0) is 48.6 Å². The van der Waals surface area contributed by atoms with Gasteiger partial charge in [0.15, 0.2) is 6.54 Å². The van der Waals surface area contributed by atoms with Gasteiger partial charge in [-0.25, -0.2) is 0 Å². The van der Waals surface area contributed by atoms with E-state index < -0.39 is 11.7 Å². The summed E-state index contributed by atoms with van der Waals surface area (Å²) in [4.78, 5) is 14.7. The van der Waals surface area contributed by atoms with E-state index in [9.17, 15) is 18.0 Å². The van der Waals surface area contributed by atoms with Crippen molar-refractivity contribution in [1.29, 1.82) is 0 Å². The number of alkyl halides is 3. The lowest BCUT2D eigenvalue weighted by Crippen LogP contribution is -3.12. The molecule has 1 aliphatic heterocycles. The van der Waals surface area contributed by atoms with Crippen LogP contribution in [0.4, 0.5) is 18.9 Å². The Balaban J connectivity index is 1.59. The minimum atomic E-state index is -4.38. The topological polar surface area (TPSA) is 42.8 Å². The molecule has 146 valence electrons. The fourth-order valence-electron chi connectivity index (χ4n) is 3.17. The van der Waals surface area contributed by atoms with Crippen molar-refractivity contribution in [2.24, 2.45) is 0 Å². The number of benzene rings is 1. The number of hydrogen-bond donors (Lipinski definition) is 2. The van der Waals surface area contributed by atoms with Crippen LogP contribution in [0.25, 0.3) is 0 Å². The van der Waals surface area contributed by atoms with Gasteiger partial charge in [-0.1, -0.05) is 6.07 Å². The molecule has 1 amide bonds. The second kappa shape index (κ2) is 8.86. The first-order chi connectivity index (χ1) is 12.9. The molecule has 0 aliphatic carbocycles. The lowest BCUT2D eigenvalue weighted by Gasteiger charge is -2.21. The van der Waals surface area contributed by atoms with Crippen LogP contribution in [0.1, 0.15) is 23.3 Å². The van der Waals surface area contributed by atoms with Crippen LogP contribution in [0.2, 0.25) is 0 Å². The Bertz CT molecular complexity index is 726. The summed E-state index contributed by atoms with van der Waals surface area (Å²) in [5.41, 5.74) is -0.371. The smallest absolute Gasteiger partial charge is 0.372 e. The quantitative estimate of drug-likeness (QED) is 0.752. The van der Waals surface area contributed by atoms with E-state index in [-0.39, 0.29) is 18.6 Å². The zero-order chi connectivity index (χ0) is 19.3. The standard InChI is InChI=1S/C19H21F3N2O2S/c20-19(21,22)14-5-7-15(8-6-14)23-18(25)13-24(11-16-3-1-9-26-16)12-17-4-2-10-27-17/h2,4-8,10,16H,1,3,9,11-13H2,(H,23,25)/p+1/t16-/m1/s1. The van der Waals surface area contributed by atoms with Crippen molar-refractivity contribution < 1.29 is 27.6 Å². The van der Waals surface area contributed by atoms with Gasteiger partial charge in [0.1, 0.15) is 19.2 Å². The molecular formula is C19H22F3N2O2S+. The first-order valence-electron chi connectivity index (χ1n) is 8.85. The van der Waals surface area contributed by atoms with Crippen molar-refractivity contribution in [2.45, 2.75) is 31.7 Å². The number of amides is 1. The Hall–Kier alpha value is -1.90. The summed E-state index contributed by atoms with van der Waals surface area (Å²) in [6.45, 7) is 2.45. The number of nitrogens with one attached hydrogen (secondary N) is 2. The molecule has 2 aromatic rings. The van der Waals surface area contributed by atoms with E-state index in [0.717, 1.165) is 49.6 Å². The molecule has 0 bridgehead atoms. The maximum atomic E-state index is 12.6. The first-order valence-corrected chi connectivity index (χ1v) is 9.73. The average molecular weight is 399 g/mol. The predicted octanol–water partition coefficient (Wildman–Crippen LogP) is 2.97. The molecule has 4 nitrogen and oxygen atoms in total. The van der Waals surface area contributed by atoms with Gasteiger partial charge in [-0.3, -0.25) is 4.79 Å². The largest absolute Gasteiger partial charge is 0.416 e. The van der Waals surface area contributed by atoms with Crippen LogP contribution in [0.3, 0.4) is 0 Å². The van der Waals surface area contributed by atoms with Crippen molar-refractivity contribution in [3.63, 3.8) is 0 Å². The number of anilines is 1. The highest BCUT2D eigenvalue weighted by Gasteiger charge is 2.30. The normalized spacial score (nSPS) is 18.4. The molecule has 1 aromatic heterocycles. The van der Waals surface area contributed by atoms with Crippen LogP contribution in [-0.2, 0) is 22.3 Å². The van der Waals surface area contributed by atoms with E-state index in [4.69, 9.17) is 4.74 Å². The molecule has 2 N–H and O–H groups in total. The molecule has 2 atom stereocenters. The molecule has 0 saturated carbocycles. The van der Waals surface area contributed by atoms with Crippen LogP contribution < -0.4 is 10.2 Å². The van der Waals surface area contributed by atoms with E-state index >= 15 is 0 Å². The number of rotatable bonds is 7. The molecule has 1 aromatic carbocycles. The second-order valence-electron chi connectivity index (χ2n) is 6.65. The van der Waals surface area contributed by atoms with E-state index in [1.54, 1.807) is 11.3 Å². The molecule has 0 radical (unpaired) electrons. The second-order valence-corrected chi connectivity index (χ2v) is 7.68. The number of carbonyl (C=O) groups is 1. The van der Waals surface area contributed by atoms with Gasteiger partial charge >= 0.3 is 6.18 Å². The summed E-state index contributed by atoms with van der Waals surface area (Å²) in [7, 11) is 0. The molecular weight excluding hydrogens is 377 g/mol. The van der Waals surface area contributed by atoms with Crippen LogP contribution in [-0.4, -0.2) is 31.7 Å². The first kappa shape index (κ1) is 19.9. The highest BCUT2D eigenvalue weighted by molar-refractivity contribution is 7.09. The predicted molar refractivity (Wildman–Crippen MR) is 97.8 cm³/mol. The van der Waals surface area contributed by atoms with Gasteiger partial charge in [0.25, 0.3) is 5.91 Å². The summed E-state index contributed by atoms with van der Waals surface area (Å²) in [6.07, 6.45) is -2.20. The number of ether oxygens (including phenoxy) is 1. The van der Waals surface area contributed by atoms with Gasteiger partial charge in [0.05, 0.1) is 10.4 Å². The zero-order valence-electron chi connectivity index (χ0n) is 14.7. The van der Waals surface area contributed by atoms with E-state index in [1.807, 2.05) is 17.5 Å². The third kappa shape index (κ3) is 6.05. The number of hydrogen-bond acceptors (Lipinski definition) is 3. The minimum absolute atomic E-state index is 0.152. The number of thiophene rings is 1. The Morgan fingerprint density at radius 1 is 1.26 bits per heavy atom. The highest BCUT2D eigenvalue weighted by Crippen LogP contribution is 2.29. The summed E-state index contributed by atoms with van der Waals surface area (Å²) < 4.78 is 43.6.